The summed E-state index contributed by atoms with van der Waals surface area (Å²) in [7, 11) is 1.72. The smallest absolute Gasteiger partial charge is 0.119 e. The maximum atomic E-state index is 5.23. The third-order valence-electron chi connectivity index (χ3n) is 4.34. The average Bonchev–Trinajstić information content (AvgIpc) is 2.85. The largest absolute Gasteiger partial charge is 0.497 e. The highest BCUT2D eigenvalue weighted by molar-refractivity contribution is 5.50. The van der Waals surface area contributed by atoms with Crippen LogP contribution < -0.4 is 9.64 Å². The van der Waals surface area contributed by atoms with Gasteiger partial charge < -0.3 is 9.64 Å². The Hall–Kier alpha value is -1.22. The molecule has 0 N–H and O–H groups in total. The van der Waals surface area contributed by atoms with Crippen LogP contribution in [0.1, 0.15) is 19.8 Å². The summed E-state index contributed by atoms with van der Waals surface area (Å²) in [5.74, 6) is 0.936. The Labute approximate surface area is 109 Å². The first-order chi connectivity index (χ1) is 8.78. The summed E-state index contributed by atoms with van der Waals surface area (Å²) < 4.78 is 5.23. The normalized spacial score (nSPS) is 28.2. The van der Waals surface area contributed by atoms with Gasteiger partial charge in [0.05, 0.1) is 7.11 Å². The summed E-state index contributed by atoms with van der Waals surface area (Å²) in [5.41, 5.74) is 1.33. The number of piperazine rings is 1. The molecule has 2 aliphatic rings. The SMILES string of the molecule is COc1ccc(N2CC3CCCN3CC2C)cc1. The van der Waals surface area contributed by atoms with Crippen molar-refractivity contribution < 1.29 is 4.74 Å². The van der Waals surface area contributed by atoms with E-state index in [9.17, 15) is 0 Å². The van der Waals surface area contributed by atoms with Crippen molar-refractivity contribution in [2.45, 2.75) is 31.8 Å². The molecule has 0 saturated carbocycles. The Morgan fingerprint density at radius 1 is 1.17 bits per heavy atom. The first-order valence-electron chi connectivity index (χ1n) is 6.92. The van der Waals surface area contributed by atoms with Crippen molar-refractivity contribution in [3.63, 3.8) is 0 Å². The minimum atomic E-state index is 0.604. The lowest BCUT2D eigenvalue weighted by Gasteiger charge is -2.43. The van der Waals surface area contributed by atoms with Crippen molar-refractivity contribution in [1.82, 2.24) is 4.90 Å². The van der Waals surface area contributed by atoms with Gasteiger partial charge in [0.2, 0.25) is 0 Å². The number of fused-ring (bicyclic) bond motifs is 1. The van der Waals surface area contributed by atoms with Crippen LogP contribution in [0, 0.1) is 0 Å². The maximum Gasteiger partial charge on any atom is 0.119 e. The molecular formula is C15H22N2O. The highest BCUT2D eigenvalue weighted by atomic mass is 16.5. The Bertz CT molecular complexity index is 403. The van der Waals surface area contributed by atoms with Crippen LogP contribution in [0.2, 0.25) is 0 Å². The van der Waals surface area contributed by atoms with Gasteiger partial charge in [-0.05, 0) is 50.6 Å². The van der Waals surface area contributed by atoms with Crippen LogP contribution in [-0.2, 0) is 0 Å². The quantitative estimate of drug-likeness (QED) is 0.797. The van der Waals surface area contributed by atoms with Gasteiger partial charge in [0, 0.05) is 30.9 Å². The molecule has 98 valence electrons. The molecule has 0 aliphatic carbocycles. The van der Waals surface area contributed by atoms with Gasteiger partial charge in [0.1, 0.15) is 5.75 Å². The highest BCUT2D eigenvalue weighted by Crippen LogP contribution is 2.29. The van der Waals surface area contributed by atoms with E-state index in [1.54, 1.807) is 7.11 Å². The molecule has 2 unspecified atom stereocenters. The van der Waals surface area contributed by atoms with Crippen LogP contribution in [-0.4, -0.2) is 43.7 Å². The third-order valence-corrected chi connectivity index (χ3v) is 4.34. The number of hydrogen-bond donors (Lipinski definition) is 0. The zero-order valence-corrected chi connectivity index (χ0v) is 11.3. The fraction of sp³-hybridized carbons (Fsp3) is 0.600. The van der Waals surface area contributed by atoms with Crippen LogP contribution in [0.15, 0.2) is 24.3 Å². The number of rotatable bonds is 2. The second kappa shape index (κ2) is 4.81. The van der Waals surface area contributed by atoms with Gasteiger partial charge in [-0.2, -0.15) is 0 Å². The number of anilines is 1. The molecule has 2 saturated heterocycles. The fourth-order valence-corrected chi connectivity index (χ4v) is 3.32. The number of nitrogens with zero attached hydrogens (tertiary/aromatic N) is 2. The van der Waals surface area contributed by atoms with Crippen molar-refractivity contribution in [3.8, 4) is 5.75 Å². The molecule has 0 spiro atoms. The highest BCUT2D eigenvalue weighted by Gasteiger charge is 2.34. The van der Waals surface area contributed by atoms with Crippen molar-refractivity contribution >= 4 is 5.69 Å². The predicted octanol–water partition coefficient (Wildman–Crippen LogP) is 2.37. The monoisotopic (exact) mass is 246 g/mol. The number of methoxy groups -OCH3 is 1. The number of ether oxygens (including phenoxy) is 1. The Morgan fingerprint density at radius 2 is 1.94 bits per heavy atom. The van der Waals surface area contributed by atoms with E-state index in [0.29, 0.717) is 6.04 Å². The molecule has 0 bridgehead atoms. The maximum absolute atomic E-state index is 5.23. The van der Waals surface area contributed by atoms with Crippen LogP contribution >= 0.6 is 0 Å². The van der Waals surface area contributed by atoms with Gasteiger partial charge in [-0.3, -0.25) is 4.90 Å². The van der Waals surface area contributed by atoms with Gasteiger partial charge in [-0.1, -0.05) is 0 Å². The number of hydrogen-bond acceptors (Lipinski definition) is 3. The van der Waals surface area contributed by atoms with E-state index >= 15 is 0 Å². The van der Waals surface area contributed by atoms with E-state index in [0.717, 1.165) is 11.8 Å². The molecule has 2 heterocycles. The topological polar surface area (TPSA) is 15.7 Å². The molecule has 3 heteroatoms. The Balaban J connectivity index is 1.77. The van der Waals surface area contributed by atoms with Crippen molar-refractivity contribution in [1.29, 1.82) is 0 Å². The fourth-order valence-electron chi connectivity index (χ4n) is 3.32. The lowest BCUT2D eigenvalue weighted by molar-refractivity contribution is 0.203. The molecule has 2 atom stereocenters. The molecule has 2 aliphatic heterocycles. The molecule has 3 rings (SSSR count). The molecule has 2 fully saturated rings. The van der Waals surface area contributed by atoms with Crippen molar-refractivity contribution in [2.75, 3.05) is 31.6 Å². The van der Waals surface area contributed by atoms with Crippen LogP contribution in [0.3, 0.4) is 0 Å². The minimum Gasteiger partial charge on any atom is -0.497 e. The molecule has 3 nitrogen and oxygen atoms in total. The molecule has 0 radical (unpaired) electrons. The summed E-state index contributed by atoms with van der Waals surface area (Å²) in [6, 6.07) is 9.85. The van der Waals surface area contributed by atoms with Crippen LogP contribution in [0.25, 0.3) is 0 Å². The first-order valence-corrected chi connectivity index (χ1v) is 6.92. The van der Waals surface area contributed by atoms with Gasteiger partial charge >= 0.3 is 0 Å². The van der Waals surface area contributed by atoms with Gasteiger partial charge in [-0.15, -0.1) is 0 Å². The van der Waals surface area contributed by atoms with E-state index < -0.39 is 0 Å². The molecule has 1 aromatic rings. The van der Waals surface area contributed by atoms with Crippen LogP contribution in [0.5, 0.6) is 5.75 Å². The lowest BCUT2D eigenvalue weighted by atomic mass is 10.1. The Kier molecular flexibility index (Phi) is 3.16. The predicted molar refractivity (Wildman–Crippen MR) is 74.4 cm³/mol. The average molecular weight is 246 g/mol. The molecule has 1 aromatic carbocycles. The lowest BCUT2D eigenvalue weighted by Crippen LogP contribution is -2.55. The summed E-state index contributed by atoms with van der Waals surface area (Å²) in [6.07, 6.45) is 2.73. The summed E-state index contributed by atoms with van der Waals surface area (Å²) >= 11 is 0. The number of benzene rings is 1. The second-order valence-corrected chi connectivity index (χ2v) is 5.49. The first kappa shape index (κ1) is 11.8. The van der Waals surface area contributed by atoms with E-state index in [1.165, 1.54) is 38.2 Å². The molecule has 0 aromatic heterocycles. The van der Waals surface area contributed by atoms with E-state index in [-0.39, 0.29) is 0 Å². The summed E-state index contributed by atoms with van der Waals surface area (Å²) in [6.45, 7) is 6.01. The second-order valence-electron chi connectivity index (χ2n) is 5.49. The minimum absolute atomic E-state index is 0.604. The standard InChI is InChI=1S/C15H22N2O/c1-12-10-16-9-3-4-14(16)11-17(12)13-5-7-15(18-2)8-6-13/h5-8,12,14H,3-4,9-11H2,1-2H3. The van der Waals surface area contributed by atoms with E-state index in [2.05, 4.69) is 41.0 Å². The van der Waals surface area contributed by atoms with Gasteiger partial charge in [-0.25, -0.2) is 0 Å². The van der Waals surface area contributed by atoms with Gasteiger partial charge in [0.25, 0.3) is 0 Å². The van der Waals surface area contributed by atoms with Crippen molar-refractivity contribution in [3.05, 3.63) is 24.3 Å². The zero-order chi connectivity index (χ0) is 12.5. The summed E-state index contributed by atoms with van der Waals surface area (Å²) in [5, 5.41) is 0. The van der Waals surface area contributed by atoms with E-state index in [1.807, 2.05) is 0 Å². The van der Waals surface area contributed by atoms with E-state index in [4.69, 9.17) is 4.74 Å². The van der Waals surface area contributed by atoms with Crippen LogP contribution in [0.4, 0.5) is 5.69 Å². The molecule has 0 amide bonds. The van der Waals surface area contributed by atoms with Crippen molar-refractivity contribution in [2.24, 2.45) is 0 Å². The zero-order valence-electron chi connectivity index (χ0n) is 11.3. The Morgan fingerprint density at radius 3 is 2.67 bits per heavy atom. The van der Waals surface area contributed by atoms with Gasteiger partial charge in [0.15, 0.2) is 0 Å². The molecular weight excluding hydrogens is 224 g/mol. The molecule has 18 heavy (non-hydrogen) atoms. The summed E-state index contributed by atoms with van der Waals surface area (Å²) in [4.78, 5) is 5.20. The third kappa shape index (κ3) is 2.07.